The van der Waals surface area contributed by atoms with E-state index >= 15 is 0 Å². The zero-order valence-corrected chi connectivity index (χ0v) is 15.2. The van der Waals surface area contributed by atoms with Crippen molar-refractivity contribution >= 4 is 28.2 Å². The Hall–Kier alpha value is -3.04. The summed E-state index contributed by atoms with van der Waals surface area (Å²) in [6.45, 7) is 3.38. The fourth-order valence-corrected chi connectivity index (χ4v) is 2.62. The molecule has 0 radical (unpaired) electrons. The summed E-state index contributed by atoms with van der Waals surface area (Å²) in [6, 6.07) is 3.57. The van der Waals surface area contributed by atoms with Gasteiger partial charge in [-0.3, -0.25) is 9.78 Å². The SMILES string of the molecule is CCn1ccc2cc(Nc3cnccn3)nc(NC(C)(CO)CO)c2c1=O. The van der Waals surface area contributed by atoms with Gasteiger partial charge in [-0.05, 0) is 31.4 Å². The van der Waals surface area contributed by atoms with Crippen LogP contribution in [0.3, 0.4) is 0 Å². The topological polar surface area (TPSA) is 125 Å². The Bertz CT molecular complexity index is 986. The molecule has 0 spiro atoms. The average molecular weight is 370 g/mol. The van der Waals surface area contributed by atoms with Gasteiger partial charge in [-0.1, -0.05) is 0 Å². The molecule has 0 aliphatic carbocycles. The van der Waals surface area contributed by atoms with Gasteiger partial charge in [-0.15, -0.1) is 0 Å². The average Bonchev–Trinajstić information content (AvgIpc) is 2.68. The summed E-state index contributed by atoms with van der Waals surface area (Å²) < 4.78 is 1.57. The Kier molecular flexibility index (Phi) is 5.33. The van der Waals surface area contributed by atoms with Crippen molar-refractivity contribution in [1.29, 1.82) is 0 Å². The maximum Gasteiger partial charge on any atom is 0.262 e. The van der Waals surface area contributed by atoms with Crippen molar-refractivity contribution in [3.05, 3.63) is 47.3 Å². The van der Waals surface area contributed by atoms with Crippen LogP contribution < -0.4 is 16.2 Å². The van der Waals surface area contributed by atoms with E-state index in [2.05, 4.69) is 25.6 Å². The molecule has 3 aromatic rings. The lowest BCUT2D eigenvalue weighted by molar-refractivity contribution is 0.147. The van der Waals surface area contributed by atoms with E-state index in [1.54, 1.807) is 42.3 Å². The Morgan fingerprint density at radius 2 is 2.00 bits per heavy atom. The van der Waals surface area contributed by atoms with Crippen molar-refractivity contribution in [2.75, 3.05) is 23.8 Å². The largest absolute Gasteiger partial charge is 0.394 e. The molecular formula is C18H22N6O3. The minimum atomic E-state index is -1.04. The first-order valence-electron chi connectivity index (χ1n) is 8.57. The van der Waals surface area contributed by atoms with Crippen LogP contribution in [0.5, 0.6) is 0 Å². The summed E-state index contributed by atoms with van der Waals surface area (Å²) >= 11 is 0. The van der Waals surface area contributed by atoms with Gasteiger partial charge in [0.2, 0.25) is 0 Å². The van der Waals surface area contributed by atoms with Gasteiger partial charge in [0.1, 0.15) is 17.5 Å². The second-order valence-corrected chi connectivity index (χ2v) is 6.44. The Morgan fingerprint density at radius 1 is 1.22 bits per heavy atom. The van der Waals surface area contributed by atoms with Crippen LogP contribution in [0.4, 0.5) is 17.5 Å². The summed E-state index contributed by atoms with van der Waals surface area (Å²) in [4.78, 5) is 25.5. The number of hydrogen-bond donors (Lipinski definition) is 4. The molecule has 0 amide bonds. The van der Waals surface area contributed by atoms with Crippen molar-refractivity contribution in [3.8, 4) is 0 Å². The van der Waals surface area contributed by atoms with E-state index in [9.17, 15) is 15.0 Å². The minimum Gasteiger partial charge on any atom is -0.394 e. The third-order valence-electron chi connectivity index (χ3n) is 4.24. The molecule has 27 heavy (non-hydrogen) atoms. The number of hydrogen-bond acceptors (Lipinski definition) is 8. The molecule has 0 saturated carbocycles. The van der Waals surface area contributed by atoms with Crippen LogP contribution in [0.2, 0.25) is 0 Å². The van der Waals surface area contributed by atoms with Crippen LogP contribution >= 0.6 is 0 Å². The number of aliphatic hydroxyl groups excluding tert-OH is 2. The van der Waals surface area contributed by atoms with Gasteiger partial charge in [-0.25, -0.2) is 9.97 Å². The first-order valence-corrected chi connectivity index (χ1v) is 8.57. The van der Waals surface area contributed by atoms with Crippen LogP contribution in [0.25, 0.3) is 10.8 Å². The molecule has 142 valence electrons. The number of aryl methyl sites for hydroxylation is 1. The predicted molar refractivity (Wildman–Crippen MR) is 103 cm³/mol. The Balaban J connectivity index is 2.16. The standard InChI is InChI=1S/C18H22N6O3/c1-3-24-7-4-12-8-13(21-14-9-19-5-6-20-14)22-16(15(12)17(24)27)23-18(2,10-25)11-26/h4-9,25-26H,3,10-11H2,1-2H3,(H2,20,21,22,23). The quantitative estimate of drug-likeness (QED) is 0.487. The lowest BCUT2D eigenvalue weighted by atomic mass is 10.0. The van der Waals surface area contributed by atoms with E-state index in [1.165, 1.54) is 0 Å². The number of fused-ring (bicyclic) bond motifs is 1. The molecule has 3 heterocycles. The van der Waals surface area contributed by atoms with Crippen molar-refractivity contribution in [3.63, 3.8) is 0 Å². The number of aliphatic hydroxyl groups is 2. The highest BCUT2D eigenvalue weighted by Crippen LogP contribution is 2.26. The summed E-state index contributed by atoms with van der Waals surface area (Å²) in [5, 5.41) is 26.4. The summed E-state index contributed by atoms with van der Waals surface area (Å²) in [5.74, 6) is 1.24. The highest BCUT2D eigenvalue weighted by Gasteiger charge is 2.25. The molecule has 0 aromatic carbocycles. The molecule has 0 unspecified atom stereocenters. The third kappa shape index (κ3) is 3.88. The number of rotatable bonds is 7. The number of aromatic nitrogens is 4. The zero-order valence-electron chi connectivity index (χ0n) is 15.2. The zero-order chi connectivity index (χ0) is 19.4. The van der Waals surface area contributed by atoms with E-state index in [0.717, 1.165) is 0 Å². The summed E-state index contributed by atoms with van der Waals surface area (Å²) in [7, 11) is 0. The normalized spacial score (nSPS) is 11.6. The molecule has 0 aliphatic heterocycles. The van der Waals surface area contributed by atoms with Gasteiger partial charge >= 0.3 is 0 Å². The second-order valence-electron chi connectivity index (χ2n) is 6.44. The van der Waals surface area contributed by atoms with Gasteiger partial charge < -0.3 is 25.4 Å². The van der Waals surface area contributed by atoms with Gasteiger partial charge in [0.25, 0.3) is 5.56 Å². The van der Waals surface area contributed by atoms with Crippen molar-refractivity contribution < 1.29 is 10.2 Å². The van der Waals surface area contributed by atoms with Crippen LogP contribution in [0, 0.1) is 0 Å². The molecule has 0 atom stereocenters. The highest BCUT2D eigenvalue weighted by molar-refractivity contribution is 5.93. The van der Waals surface area contributed by atoms with Crippen molar-refractivity contribution in [2.24, 2.45) is 0 Å². The molecule has 4 N–H and O–H groups in total. The van der Waals surface area contributed by atoms with E-state index in [1.807, 2.05) is 13.0 Å². The lowest BCUT2D eigenvalue weighted by Crippen LogP contribution is -2.43. The molecule has 9 nitrogen and oxygen atoms in total. The Morgan fingerprint density at radius 3 is 2.63 bits per heavy atom. The van der Waals surface area contributed by atoms with E-state index in [-0.39, 0.29) is 24.6 Å². The van der Waals surface area contributed by atoms with Crippen molar-refractivity contribution in [1.82, 2.24) is 19.5 Å². The minimum absolute atomic E-state index is 0.200. The van der Waals surface area contributed by atoms with E-state index < -0.39 is 5.54 Å². The Labute approximate surface area is 155 Å². The molecule has 0 bridgehead atoms. The fourth-order valence-electron chi connectivity index (χ4n) is 2.62. The van der Waals surface area contributed by atoms with Crippen molar-refractivity contribution in [2.45, 2.75) is 25.9 Å². The summed E-state index contributed by atoms with van der Waals surface area (Å²) in [6.07, 6.45) is 6.39. The number of nitrogens with zero attached hydrogens (tertiary/aromatic N) is 4. The second kappa shape index (κ2) is 7.68. The highest BCUT2D eigenvalue weighted by atomic mass is 16.3. The van der Waals surface area contributed by atoms with Gasteiger partial charge in [-0.2, -0.15) is 0 Å². The first kappa shape index (κ1) is 18.7. The summed E-state index contributed by atoms with van der Waals surface area (Å²) in [5.41, 5.74) is -1.24. The van der Waals surface area contributed by atoms with E-state index in [0.29, 0.717) is 29.0 Å². The fraction of sp³-hybridized carbons (Fsp3) is 0.333. The van der Waals surface area contributed by atoms with Gasteiger partial charge in [0, 0.05) is 25.1 Å². The molecule has 0 aliphatic rings. The molecule has 9 heteroatoms. The lowest BCUT2D eigenvalue weighted by Gasteiger charge is -2.27. The number of anilines is 3. The van der Waals surface area contributed by atoms with Crippen LogP contribution in [0.1, 0.15) is 13.8 Å². The first-order chi connectivity index (χ1) is 13.0. The predicted octanol–water partition coefficient (Wildman–Crippen LogP) is 1.11. The van der Waals surface area contributed by atoms with Gasteiger partial charge in [0.15, 0.2) is 0 Å². The maximum atomic E-state index is 12.8. The molecule has 3 aromatic heterocycles. The van der Waals surface area contributed by atoms with Crippen LogP contribution in [-0.2, 0) is 6.54 Å². The number of pyridine rings is 2. The maximum absolute atomic E-state index is 12.8. The third-order valence-corrected chi connectivity index (χ3v) is 4.24. The van der Waals surface area contributed by atoms with Crippen LogP contribution in [-0.4, -0.2) is 48.5 Å². The molecule has 0 saturated heterocycles. The number of nitrogens with one attached hydrogen (secondary N) is 2. The molecular weight excluding hydrogens is 348 g/mol. The van der Waals surface area contributed by atoms with Gasteiger partial charge in [0.05, 0.1) is 30.3 Å². The molecule has 3 rings (SSSR count). The van der Waals surface area contributed by atoms with Crippen LogP contribution in [0.15, 0.2) is 41.7 Å². The molecule has 0 fully saturated rings. The van der Waals surface area contributed by atoms with E-state index in [4.69, 9.17) is 0 Å². The smallest absolute Gasteiger partial charge is 0.262 e. The monoisotopic (exact) mass is 370 g/mol.